The predicted octanol–water partition coefficient (Wildman–Crippen LogP) is 2.74. The number of hydrogen-bond donors (Lipinski definition) is 3. The summed E-state index contributed by atoms with van der Waals surface area (Å²) < 4.78 is 0. The van der Waals surface area contributed by atoms with Crippen LogP contribution in [0.1, 0.15) is 23.1 Å². The minimum Gasteiger partial charge on any atom is -0.396 e. The summed E-state index contributed by atoms with van der Waals surface area (Å²) in [6.45, 7) is 3.70. The van der Waals surface area contributed by atoms with E-state index in [4.69, 9.17) is 10.1 Å². The van der Waals surface area contributed by atoms with Crippen LogP contribution in [0.2, 0.25) is 0 Å². The highest BCUT2D eigenvalue weighted by molar-refractivity contribution is 5.69. The van der Waals surface area contributed by atoms with E-state index in [-0.39, 0.29) is 6.61 Å². The average molecular weight is 325 g/mol. The molecule has 6 nitrogen and oxygen atoms in total. The van der Waals surface area contributed by atoms with Crippen LogP contribution in [-0.4, -0.2) is 40.2 Å². The van der Waals surface area contributed by atoms with E-state index < -0.39 is 0 Å². The molecule has 0 amide bonds. The van der Waals surface area contributed by atoms with Crippen molar-refractivity contribution in [1.29, 1.82) is 0 Å². The Hall–Kier alpha value is -2.60. The molecule has 6 heteroatoms. The van der Waals surface area contributed by atoms with Crippen molar-refractivity contribution in [2.75, 3.05) is 30.8 Å². The molecule has 126 valence electrons. The third-order valence-electron chi connectivity index (χ3n) is 3.87. The number of pyridine rings is 2. The number of anilines is 3. The third-order valence-corrected chi connectivity index (χ3v) is 3.87. The minimum absolute atomic E-state index is 0.167. The monoisotopic (exact) mass is 325 g/mol. The number of aromatic nitrogens is 2. The number of nitrogens with one attached hydrogen (secondary N) is 2. The van der Waals surface area contributed by atoms with Crippen LogP contribution in [-0.2, 0) is 6.54 Å². The Morgan fingerprint density at radius 1 is 1.29 bits per heavy atom. The highest BCUT2D eigenvalue weighted by atomic mass is 16.3. The molecular formula is C18H23N5O. The van der Waals surface area contributed by atoms with Gasteiger partial charge in [-0.15, -0.1) is 0 Å². The normalized spacial score (nSPS) is 12.9. The van der Waals surface area contributed by atoms with Gasteiger partial charge in [0.15, 0.2) is 0 Å². The van der Waals surface area contributed by atoms with Gasteiger partial charge in [-0.3, -0.25) is 0 Å². The summed E-state index contributed by atoms with van der Waals surface area (Å²) in [5, 5.41) is 15.6. The largest absolute Gasteiger partial charge is 0.396 e. The Kier molecular flexibility index (Phi) is 4.96. The molecule has 3 N–H and O–H groups in total. The van der Waals surface area contributed by atoms with E-state index in [1.54, 1.807) is 6.20 Å². The number of nitrogens with zero attached hydrogens (tertiary/aromatic N) is 3. The summed E-state index contributed by atoms with van der Waals surface area (Å²) in [4.78, 5) is 11.2. The molecule has 2 aromatic rings. The van der Waals surface area contributed by atoms with Crippen molar-refractivity contribution >= 4 is 23.5 Å². The highest BCUT2D eigenvalue weighted by Gasteiger charge is 2.15. The Balaban J connectivity index is 1.90. The number of rotatable bonds is 6. The molecular weight excluding hydrogens is 302 g/mol. The van der Waals surface area contributed by atoms with Crippen molar-refractivity contribution in [3.8, 4) is 0 Å². The van der Waals surface area contributed by atoms with Gasteiger partial charge in [0.2, 0.25) is 0 Å². The zero-order valence-electron chi connectivity index (χ0n) is 14.1. The minimum atomic E-state index is 0.167. The van der Waals surface area contributed by atoms with Gasteiger partial charge in [-0.2, -0.15) is 0 Å². The van der Waals surface area contributed by atoms with Crippen molar-refractivity contribution in [3.63, 3.8) is 0 Å². The molecule has 0 unspecified atom stereocenters. The summed E-state index contributed by atoms with van der Waals surface area (Å²) in [6.07, 6.45) is 6.63. The second-order valence-corrected chi connectivity index (χ2v) is 6.00. The number of hydrogen-bond acceptors (Lipinski definition) is 6. The lowest BCUT2D eigenvalue weighted by atomic mass is 10.1. The van der Waals surface area contributed by atoms with Crippen molar-refractivity contribution in [3.05, 3.63) is 47.3 Å². The van der Waals surface area contributed by atoms with Crippen molar-refractivity contribution in [2.24, 2.45) is 0 Å². The molecule has 0 aliphatic carbocycles. The first kappa shape index (κ1) is 16.3. The van der Waals surface area contributed by atoms with E-state index in [2.05, 4.69) is 32.8 Å². The van der Waals surface area contributed by atoms with Gasteiger partial charge >= 0.3 is 0 Å². The SMILES string of the molecule is Cc1ccnc(Nc2cc3c(c(NCCCO)n2)CN(C)C=C3)c1. The van der Waals surface area contributed by atoms with Crippen LogP contribution in [0.15, 0.2) is 30.6 Å². The molecule has 0 fully saturated rings. The van der Waals surface area contributed by atoms with Crippen LogP contribution in [0.5, 0.6) is 0 Å². The van der Waals surface area contributed by atoms with Crippen LogP contribution < -0.4 is 10.6 Å². The fourth-order valence-electron chi connectivity index (χ4n) is 2.65. The Morgan fingerprint density at radius 3 is 2.96 bits per heavy atom. The van der Waals surface area contributed by atoms with Crippen LogP contribution in [0.3, 0.4) is 0 Å². The number of aliphatic hydroxyl groups excluding tert-OH is 1. The molecule has 1 aliphatic heterocycles. The molecule has 0 aromatic carbocycles. The molecule has 0 bridgehead atoms. The molecule has 3 rings (SSSR count). The van der Waals surface area contributed by atoms with Crippen LogP contribution >= 0.6 is 0 Å². The van der Waals surface area contributed by atoms with Crippen molar-refractivity contribution in [1.82, 2.24) is 14.9 Å². The first-order valence-corrected chi connectivity index (χ1v) is 8.12. The van der Waals surface area contributed by atoms with Gasteiger partial charge in [-0.05, 0) is 54.9 Å². The van der Waals surface area contributed by atoms with Crippen LogP contribution in [0.25, 0.3) is 6.08 Å². The summed E-state index contributed by atoms with van der Waals surface area (Å²) >= 11 is 0. The molecule has 2 aromatic heterocycles. The van der Waals surface area contributed by atoms with Gasteiger partial charge in [-0.25, -0.2) is 9.97 Å². The van der Waals surface area contributed by atoms with E-state index in [1.165, 1.54) is 5.56 Å². The molecule has 0 saturated heterocycles. The lowest BCUT2D eigenvalue weighted by Gasteiger charge is -2.24. The molecule has 0 radical (unpaired) electrons. The number of fused-ring (bicyclic) bond motifs is 1. The first-order valence-electron chi connectivity index (χ1n) is 8.12. The first-order chi connectivity index (χ1) is 11.7. The third kappa shape index (κ3) is 3.83. The standard InChI is InChI=1S/C18H23N5O/c1-13-4-7-19-16(10-13)21-17-11-14-5-8-23(2)12-15(14)18(22-17)20-6-3-9-24/h4-5,7-8,10-11,24H,3,6,9,12H2,1-2H3,(H2,19,20,21,22). The topological polar surface area (TPSA) is 73.3 Å². The lowest BCUT2D eigenvalue weighted by Crippen LogP contribution is -2.18. The predicted molar refractivity (Wildman–Crippen MR) is 97.2 cm³/mol. The lowest BCUT2D eigenvalue weighted by molar-refractivity contribution is 0.292. The molecule has 0 atom stereocenters. The molecule has 0 saturated carbocycles. The number of aryl methyl sites for hydroxylation is 1. The second kappa shape index (κ2) is 7.31. The van der Waals surface area contributed by atoms with Gasteiger partial charge in [0.05, 0.1) is 0 Å². The van der Waals surface area contributed by atoms with Crippen molar-refractivity contribution in [2.45, 2.75) is 19.9 Å². The van der Waals surface area contributed by atoms with Gasteiger partial charge in [0.1, 0.15) is 17.5 Å². The number of aliphatic hydroxyl groups is 1. The smallest absolute Gasteiger partial charge is 0.134 e. The average Bonchev–Trinajstić information content (AvgIpc) is 2.55. The Labute approximate surface area is 142 Å². The summed E-state index contributed by atoms with van der Waals surface area (Å²) in [5.41, 5.74) is 3.46. The molecule has 24 heavy (non-hydrogen) atoms. The Bertz CT molecular complexity index is 744. The van der Waals surface area contributed by atoms with E-state index >= 15 is 0 Å². The van der Waals surface area contributed by atoms with Gasteiger partial charge in [-0.1, -0.05) is 0 Å². The zero-order chi connectivity index (χ0) is 16.9. The summed E-state index contributed by atoms with van der Waals surface area (Å²) in [7, 11) is 2.04. The van der Waals surface area contributed by atoms with Gasteiger partial charge in [0, 0.05) is 38.5 Å². The zero-order valence-corrected chi connectivity index (χ0v) is 14.1. The summed E-state index contributed by atoms with van der Waals surface area (Å²) in [5.74, 6) is 2.39. The molecule has 1 aliphatic rings. The van der Waals surface area contributed by atoms with Crippen LogP contribution in [0.4, 0.5) is 17.5 Å². The van der Waals surface area contributed by atoms with Crippen LogP contribution in [0, 0.1) is 6.92 Å². The maximum absolute atomic E-state index is 9.00. The quantitative estimate of drug-likeness (QED) is 0.709. The van der Waals surface area contributed by atoms with E-state index in [0.717, 1.165) is 35.1 Å². The van der Waals surface area contributed by atoms with E-state index in [1.807, 2.05) is 32.2 Å². The molecule has 3 heterocycles. The van der Waals surface area contributed by atoms with E-state index in [9.17, 15) is 0 Å². The second-order valence-electron chi connectivity index (χ2n) is 6.00. The fourth-order valence-corrected chi connectivity index (χ4v) is 2.65. The van der Waals surface area contributed by atoms with E-state index in [0.29, 0.717) is 13.0 Å². The highest BCUT2D eigenvalue weighted by Crippen LogP contribution is 2.28. The maximum atomic E-state index is 9.00. The van der Waals surface area contributed by atoms with Gasteiger partial charge in [0.25, 0.3) is 0 Å². The maximum Gasteiger partial charge on any atom is 0.134 e. The van der Waals surface area contributed by atoms with Crippen molar-refractivity contribution < 1.29 is 5.11 Å². The fraction of sp³-hybridized carbons (Fsp3) is 0.333. The van der Waals surface area contributed by atoms with Gasteiger partial charge < -0.3 is 20.6 Å². The molecule has 0 spiro atoms. The summed E-state index contributed by atoms with van der Waals surface area (Å²) in [6, 6.07) is 6.00. The Morgan fingerprint density at radius 2 is 2.17 bits per heavy atom.